The Bertz CT molecular complexity index is 656. The summed E-state index contributed by atoms with van der Waals surface area (Å²) in [7, 11) is 0. The van der Waals surface area contributed by atoms with Crippen LogP contribution in [0.5, 0.6) is 0 Å². The molecule has 0 bridgehead atoms. The predicted octanol–water partition coefficient (Wildman–Crippen LogP) is 1.84. The molecule has 0 saturated heterocycles. The molecule has 2 rings (SSSR count). The Balaban J connectivity index is 2.44. The maximum absolute atomic E-state index is 11.4. The van der Waals surface area contributed by atoms with E-state index in [0.29, 0.717) is 11.6 Å². The van der Waals surface area contributed by atoms with Gasteiger partial charge in [0, 0.05) is 5.56 Å². The lowest BCUT2D eigenvalue weighted by Gasteiger charge is -2.07. The van der Waals surface area contributed by atoms with Gasteiger partial charge in [-0.15, -0.1) is 0 Å². The Kier molecular flexibility index (Phi) is 3.46. The first-order chi connectivity index (χ1) is 8.99. The molecular formula is C14H16N4O. The number of nitrogens with two attached hydrogens (primary N) is 1. The zero-order chi connectivity index (χ0) is 14.0. The van der Waals surface area contributed by atoms with Crippen molar-refractivity contribution in [1.29, 1.82) is 5.41 Å². The molecule has 0 aliphatic heterocycles. The van der Waals surface area contributed by atoms with Crippen molar-refractivity contribution >= 4 is 5.84 Å². The number of amidine groups is 1. The topological polar surface area (TPSA) is 95.6 Å². The van der Waals surface area contributed by atoms with Gasteiger partial charge in [0.15, 0.2) is 0 Å². The minimum Gasteiger partial charge on any atom is -0.384 e. The quantitative estimate of drug-likeness (QED) is 0.577. The first kappa shape index (κ1) is 13.0. The van der Waals surface area contributed by atoms with Gasteiger partial charge in [0.2, 0.25) is 0 Å². The van der Waals surface area contributed by atoms with Crippen molar-refractivity contribution in [3.05, 3.63) is 51.8 Å². The summed E-state index contributed by atoms with van der Waals surface area (Å²) in [5.41, 5.74) is 7.76. The highest BCUT2D eigenvalue weighted by atomic mass is 16.1. The minimum atomic E-state index is -0.449. The van der Waals surface area contributed by atoms with Crippen LogP contribution in [0, 0.1) is 5.41 Å². The Morgan fingerprint density at radius 2 is 1.95 bits per heavy atom. The largest absolute Gasteiger partial charge is 0.384 e. The molecule has 0 amide bonds. The molecule has 5 nitrogen and oxygen atoms in total. The van der Waals surface area contributed by atoms with E-state index in [9.17, 15) is 4.79 Å². The molecule has 0 spiro atoms. The van der Waals surface area contributed by atoms with Gasteiger partial charge in [0.25, 0.3) is 5.56 Å². The molecule has 1 aromatic carbocycles. The van der Waals surface area contributed by atoms with Crippen LogP contribution >= 0.6 is 0 Å². The molecule has 0 radical (unpaired) electrons. The first-order valence-electron chi connectivity index (χ1n) is 6.03. The van der Waals surface area contributed by atoms with Gasteiger partial charge < -0.3 is 5.73 Å². The highest BCUT2D eigenvalue weighted by Gasteiger charge is 2.08. The van der Waals surface area contributed by atoms with Crippen LogP contribution in [0.3, 0.4) is 0 Å². The molecule has 19 heavy (non-hydrogen) atoms. The van der Waals surface area contributed by atoms with Gasteiger partial charge in [-0.05, 0) is 17.5 Å². The molecule has 0 aliphatic rings. The first-order valence-corrected chi connectivity index (χ1v) is 6.03. The number of hydrogen-bond donors (Lipinski definition) is 3. The minimum absolute atomic E-state index is 0.137. The number of benzene rings is 1. The van der Waals surface area contributed by atoms with Crippen LogP contribution < -0.4 is 11.3 Å². The lowest BCUT2D eigenvalue weighted by Crippen LogP contribution is -2.24. The molecule has 1 aromatic heterocycles. The average Bonchev–Trinajstić information content (AvgIpc) is 2.39. The summed E-state index contributed by atoms with van der Waals surface area (Å²) in [4.78, 5) is 11.4. The van der Waals surface area contributed by atoms with Crippen LogP contribution in [0.15, 0.2) is 35.1 Å². The van der Waals surface area contributed by atoms with Crippen molar-refractivity contribution in [3.63, 3.8) is 0 Å². The van der Waals surface area contributed by atoms with Gasteiger partial charge >= 0.3 is 0 Å². The molecule has 1 heterocycles. The summed E-state index contributed by atoms with van der Waals surface area (Å²) >= 11 is 0. The molecule has 0 unspecified atom stereocenters. The van der Waals surface area contributed by atoms with Crippen LogP contribution in [-0.4, -0.2) is 16.0 Å². The van der Waals surface area contributed by atoms with Crippen molar-refractivity contribution in [2.24, 2.45) is 5.73 Å². The van der Waals surface area contributed by atoms with Crippen LogP contribution in [0.25, 0.3) is 11.3 Å². The van der Waals surface area contributed by atoms with E-state index >= 15 is 0 Å². The fraction of sp³-hybridized carbons (Fsp3) is 0.214. The van der Waals surface area contributed by atoms with Crippen LogP contribution in [-0.2, 0) is 0 Å². The number of aromatic nitrogens is 2. The van der Waals surface area contributed by atoms with E-state index in [0.717, 1.165) is 5.56 Å². The maximum Gasteiger partial charge on any atom is 0.275 e. The molecule has 0 fully saturated rings. The summed E-state index contributed by atoms with van der Waals surface area (Å²) < 4.78 is 0. The van der Waals surface area contributed by atoms with E-state index in [1.54, 1.807) is 0 Å². The van der Waals surface area contributed by atoms with Crippen LogP contribution in [0.4, 0.5) is 0 Å². The van der Waals surface area contributed by atoms with Gasteiger partial charge in [0.1, 0.15) is 5.84 Å². The molecule has 4 N–H and O–H groups in total. The van der Waals surface area contributed by atoms with Crippen LogP contribution in [0.2, 0.25) is 0 Å². The van der Waals surface area contributed by atoms with E-state index in [4.69, 9.17) is 11.1 Å². The van der Waals surface area contributed by atoms with Crippen molar-refractivity contribution in [1.82, 2.24) is 10.2 Å². The smallest absolute Gasteiger partial charge is 0.275 e. The zero-order valence-electron chi connectivity index (χ0n) is 10.9. The fourth-order valence-electron chi connectivity index (χ4n) is 1.79. The monoisotopic (exact) mass is 256 g/mol. The normalized spacial score (nSPS) is 10.7. The number of hydrogen-bond acceptors (Lipinski definition) is 3. The van der Waals surface area contributed by atoms with Crippen LogP contribution in [0.1, 0.15) is 30.9 Å². The summed E-state index contributed by atoms with van der Waals surface area (Å²) in [5.74, 6) is 0.203. The second-order valence-corrected chi connectivity index (χ2v) is 4.69. The molecule has 0 aliphatic carbocycles. The standard InChI is InChI=1S/C14H16N4O/c1-8(2)9-3-5-10(6-4-9)12-7-11(13(15)16)14(19)18-17-12/h3-8H,1-2H3,(H3,15,16)(H,18,19). The maximum atomic E-state index is 11.4. The van der Waals surface area contributed by atoms with Crippen molar-refractivity contribution in [3.8, 4) is 11.3 Å². The zero-order valence-corrected chi connectivity index (χ0v) is 10.9. The van der Waals surface area contributed by atoms with Crippen molar-refractivity contribution in [2.45, 2.75) is 19.8 Å². The lowest BCUT2D eigenvalue weighted by atomic mass is 10.0. The Morgan fingerprint density at radius 1 is 1.32 bits per heavy atom. The number of nitrogens with zero attached hydrogens (tertiary/aromatic N) is 1. The Morgan fingerprint density at radius 3 is 2.47 bits per heavy atom. The number of rotatable bonds is 3. The van der Waals surface area contributed by atoms with Crippen molar-refractivity contribution in [2.75, 3.05) is 0 Å². The molecule has 0 saturated carbocycles. The number of nitrogens with one attached hydrogen (secondary N) is 2. The highest BCUT2D eigenvalue weighted by Crippen LogP contribution is 2.20. The molecular weight excluding hydrogens is 240 g/mol. The SMILES string of the molecule is CC(C)c1ccc(-c2cc(C(=N)N)c(=O)[nH]n2)cc1. The van der Waals surface area contributed by atoms with E-state index in [2.05, 4.69) is 24.0 Å². The summed E-state index contributed by atoms with van der Waals surface area (Å²) in [6, 6.07) is 9.48. The van der Waals surface area contributed by atoms with Gasteiger partial charge in [-0.2, -0.15) is 5.10 Å². The van der Waals surface area contributed by atoms with E-state index in [1.807, 2.05) is 24.3 Å². The second-order valence-electron chi connectivity index (χ2n) is 4.69. The Labute approximate surface area is 111 Å². The van der Waals surface area contributed by atoms with E-state index < -0.39 is 5.56 Å². The number of nitrogen functional groups attached to an aromatic ring is 1. The molecule has 5 heteroatoms. The second kappa shape index (κ2) is 5.06. The molecule has 0 atom stereocenters. The average molecular weight is 256 g/mol. The highest BCUT2D eigenvalue weighted by molar-refractivity contribution is 5.95. The third kappa shape index (κ3) is 2.70. The van der Waals surface area contributed by atoms with Gasteiger partial charge in [0.05, 0.1) is 11.3 Å². The molecule has 98 valence electrons. The summed E-state index contributed by atoms with van der Waals surface area (Å²) in [6.07, 6.45) is 0. The summed E-state index contributed by atoms with van der Waals surface area (Å²) in [6.45, 7) is 4.25. The number of aromatic amines is 1. The third-order valence-electron chi connectivity index (χ3n) is 2.97. The van der Waals surface area contributed by atoms with Gasteiger partial charge in [-0.3, -0.25) is 10.2 Å². The van der Waals surface area contributed by atoms with Gasteiger partial charge in [-0.25, -0.2) is 5.10 Å². The predicted molar refractivity (Wildman–Crippen MR) is 75.4 cm³/mol. The van der Waals surface area contributed by atoms with Gasteiger partial charge in [-0.1, -0.05) is 38.1 Å². The third-order valence-corrected chi connectivity index (χ3v) is 2.97. The fourth-order valence-corrected chi connectivity index (χ4v) is 1.79. The lowest BCUT2D eigenvalue weighted by molar-refractivity contribution is 0.867. The molecule has 2 aromatic rings. The van der Waals surface area contributed by atoms with E-state index in [-0.39, 0.29) is 11.4 Å². The summed E-state index contributed by atoms with van der Waals surface area (Å²) in [5, 5.41) is 13.7. The number of H-pyrrole nitrogens is 1. The van der Waals surface area contributed by atoms with E-state index in [1.165, 1.54) is 11.6 Å². The van der Waals surface area contributed by atoms with Crippen molar-refractivity contribution < 1.29 is 0 Å². The Hall–Kier alpha value is -2.43.